The van der Waals surface area contributed by atoms with Crippen LogP contribution in [-0.2, 0) is 23.7 Å². The zero-order valence-electron chi connectivity index (χ0n) is 17.2. The van der Waals surface area contributed by atoms with Crippen LogP contribution in [-0.4, -0.2) is 123 Å². The standard InChI is InChI=1S/C18H34O12/c1-7(2)15(16(25)30-18-14(24)12(22)10(4-19)29-18)26-5-8(3)28-17-13(23)11(21)9(20)6-27-17/h7-25H,4-6H2,1-3H3/t8-,9?,10?,11?,12?,13-,14?,15?,16+,17?,18?/m0/s1. The molecule has 2 heterocycles. The third kappa shape index (κ3) is 6.28. The van der Waals surface area contributed by atoms with Gasteiger partial charge in [0.05, 0.1) is 25.9 Å². The fourth-order valence-electron chi connectivity index (χ4n) is 3.21. The first-order valence-corrected chi connectivity index (χ1v) is 9.95. The molecule has 2 saturated heterocycles. The van der Waals surface area contributed by atoms with Gasteiger partial charge < -0.3 is 59.4 Å². The van der Waals surface area contributed by atoms with Crippen LogP contribution in [0.1, 0.15) is 20.8 Å². The molecule has 7 N–H and O–H groups in total. The molecule has 30 heavy (non-hydrogen) atoms. The Hall–Kier alpha value is -0.480. The molecule has 0 aromatic heterocycles. The van der Waals surface area contributed by atoms with Crippen molar-refractivity contribution in [2.75, 3.05) is 19.8 Å². The van der Waals surface area contributed by atoms with E-state index in [1.807, 2.05) is 0 Å². The number of ether oxygens (including phenoxy) is 5. The van der Waals surface area contributed by atoms with Gasteiger partial charge in [-0.2, -0.15) is 0 Å². The van der Waals surface area contributed by atoms with Gasteiger partial charge in [-0.25, -0.2) is 0 Å². The van der Waals surface area contributed by atoms with Crippen LogP contribution in [0.25, 0.3) is 0 Å². The first kappa shape index (κ1) is 25.8. The maximum Gasteiger partial charge on any atom is 0.189 e. The van der Waals surface area contributed by atoms with Gasteiger partial charge in [-0.05, 0) is 12.8 Å². The zero-order valence-corrected chi connectivity index (χ0v) is 17.2. The quantitative estimate of drug-likeness (QED) is 0.167. The highest BCUT2D eigenvalue weighted by Gasteiger charge is 2.45. The van der Waals surface area contributed by atoms with Crippen LogP contribution in [0, 0.1) is 5.92 Å². The van der Waals surface area contributed by atoms with Crippen LogP contribution in [0.3, 0.4) is 0 Å². The van der Waals surface area contributed by atoms with Crippen molar-refractivity contribution < 1.29 is 59.4 Å². The van der Waals surface area contributed by atoms with E-state index >= 15 is 0 Å². The fourth-order valence-corrected chi connectivity index (χ4v) is 3.21. The van der Waals surface area contributed by atoms with Crippen molar-refractivity contribution in [3.8, 4) is 0 Å². The van der Waals surface area contributed by atoms with Gasteiger partial charge in [0.2, 0.25) is 0 Å². The van der Waals surface area contributed by atoms with Crippen LogP contribution >= 0.6 is 0 Å². The number of hydrogen-bond acceptors (Lipinski definition) is 12. The Morgan fingerprint density at radius 1 is 0.900 bits per heavy atom. The van der Waals surface area contributed by atoms with E-state index < -0.39 is 74.3 Å². The highest BCUT2D eigenvalue weighted by Crippen LogP contribution is 2.25. The normalized spacial score (nSPS) is 40.5. The van der Waals surface area contributed by atoms with Gasteiger partial charge >= 0.3 is 0 Å². The minimum atomic E-state index is -1.52. The Morgan fingerprint density at radius 3 is 2.10 bits per heavy atom. The predicted octanol–water partition coefficient (Wildman–Crippen LogP) is -3.35. The lowest BCUT2D eigenvalue weighted by molar-refractivity contribution is -0.296. The minimum absolute atomic E-state index is 0.0372. The van der Waals surface area contributed by atoms with Crippen molar-refractivity contribution in [3.05, 3.63) is 0 Å². The molecule has 0 aliphatic carbocycles. The third-order valence-electron chi connectivity index (χ3n) is 5.05. The van der Waals surface area contributed by atoms with Crippen LogP contribution < -0.4 is 0 Å². The van der Waals surface area contributed by atoms with Gasteiger partial charge in [0.1, 0.15) is 42.7 Å². The van der Waals surface area contributed by atoms with Gasteiger partial charge in [0.25, 0.3) is 0 Å². The summed E-state index contributed by atoms with van der Waals surface area (Å²) in [5, 5.41) is 68.3. The van der Waals surface area contributed by atoms with Crippen LogP contribution in [0.5, 0.6) is 0 Å². The fraction of sp³-hybridized carbons (Fsp3) is 1.00. The van der Waals surface area contributed by atoms with Crippen molar-refractivity contribution in [1.82, 2.24) is 0 Å². The predicted molar refractivity (Wildman–Crippen MR) is 97.7 cm³/mol. The number of aliphatic hydroxyl groups is 7. The Kier molecular flexibility index (Phi) is 9.80. The molecule has 12 nitrogen and oxygen atoms in total. The van der Waals surface area contributed by atoms with E-state index in [0.717, 1.165) is 0 Å². The lowest BCUT2D eigenvalue weighted by Gasteiger charge is -2.36. The largest absolute Gasteiger partial charge is 0.394 e. The molecular formula is C18H34O12. The van der Waals surface area contributed by atoms with Crippen LogP contribution in [0.2, 0.25) is 0 Å². The van der Waals surface area contributed by atoms with Crippen LogP contribution in [0.15, 0.2) is 0 Å². The molecule has 2 aliphatic rings. The van der Waals surface area contributed by atoms with Gasteiger partial charge in [-0.3, -0.25) is 0 Å². The smallest absolute Gasteiger partial charge is 0.189 e. The molecular weight excluding hydrogens is 408 g/mol. The Morgan fingerprint density at radius 2 is 1.53 bits per heavy atom. The van der Waals surface area contributed by atoms with E-state index in [2.05, 4.69) is 0 Å². The molecule has 2 fully saturated rings. The topological polar surface area (TPSA) is 188 Å². The molecule has 0 bridgehead atoms. The average Bonchev–Trinajstić information content (AvgIpc) is 2.96. The summed E-state index contributed by atoms with van der Waals surface area (Å²) in [4.78, 5) is 0. The van der Waals surface area contributed by atoms with Gasteiger partial charge in [0, 0.05) is 0 Å². The maximum absolute atomic E-state index is 10.4. The molecule has 11 atom stereocenters. The summed E-state index contributed by atoms with van der Waals surface area (Å²) in [6, 6.07) is 0. The summed E-state index contributed by atoms with van der Waals surface area (Å²) in [7, 11) is 0. The van der Waals surface area contributed by atoms with Crippen molar-refractivity contribution >= 4 is 0 Å². The van der Waals surface area contributed by atoms with E-state index in [1.54, 1.807) is 20.8 Å². The second kappa shape index (κ2) is 11.4. The summed E-state index contributed by atoms with van der Waals surface area (Å²) in [6.45, 7) is 4.42. The second-order valence-corrected chi connectivity index (χ2v) is 7.97. The highest BCUT2D eigenvalue weighted by atomic mass is 16.8. The van der Waals surface area contributed by atoms with E-state index in [0.29, 0.717) is 0 Å². The molecule has 0 saturated carbocycles. The third-order valence-corrected chi connectivity index (χ3v) is 5.05. The van der Waals surface area contributed by atoms with Crippen molar-refractivity contribution in [3.63, 3.8) is 0 Å². The molecule has 0 spiro atoms. The molecule has 0 aromatic rings. The molecule has 0 radical (unpaired) electrons. The van der Waals surface area contributed by atoms with Crippen LogP contribution in [0.4, 0.5) is 0 Å². The summed E-state index contributed by atoms with van der Waals surface area (Å²) < 4.78 is 26.9. The molecule has 8 unspecified atom stereocenters. The maximum atomic E-state index is 10.4. The molecule has 0 amide bonds. The summed E-state index contributed by atoms with van der Waals surface area (Å²) in [6.07, 6.45) is -13.4. The molecule has 178 valence electrons. The first-order chi connectivity index (χ1) is 14.1. The van der Waals surface area contributed by atoms with E-state index in [9.17, 15) is 30.6 Å². The summed E-state index contributed by atoms with van der Waals surface area (Å²) in [5.41, 5.74) is 0. The van der Waals surface area contributed by atoms with Crippen molar-refractivity contribution in [1.29, 1.82) is 0 Å². The first-order valence-electron chi connectivity index (χ1n) is 9.95. The van der Waals surface area contributed by atoms with Gasteiger partial charge in [-0.15, -0.1) is 0 Å². The highest BCUT2D eigenvalue weighted by molar-refractivity contribution is 4.87. The lowest BCUT2D eigenvalue weighted by atomic mass is 10.1. The van der Waals surface area contributed by atoms with E-state index in [4.69, 9.17) is 28.8 Å². The van der Waals surface area contributed by atoms with Crippen molar-refractivity contribution in [2.45, 2.75) is 88.5 Å². The average molecular weight is 442 g/mol. The molecule has 12 heteroatoms. The molecule has 0 aromatic carbocycles. The SMILES string of the molecule is CC(C)C(OC[C@H](C)OC1OCC(O)C(O)[C@@H]1O)[C@H](O)OC1OC(CO)C(O)C1O. The van der Waals surface area contributed by atoms with Gasteiger partial charge in [0.15, 0.2) is 18.9 Å². The minimum Gasteiger partial charge on any atom is -0.394 e. The van der Waals surface area contributed by atoms with E-state index in [-0.39, 0.29) is 19.1 Å². The monoisotopic (exact) mass is 442 g/mol. The number of rotatable bonds is 10. The lowest BCUT2D eigenvalue weighted by Crippen LogP contribution is -2.54. The number of hydrogen-bond donors (Lipinski definition) is 7. The molecule has 2 rings (SSSR count). The summed E-state index contributed by atoms with van der Waals surface area (Å²) in [5.74, 6) is -0.224. The Bertz CT molecular complexity index is 508. The summed E-state index contributed by atoms with van der Waals surface area (Å²) >= 11 is 0. The second-order valence-electron chi connectivity index (χ2n) is 7.97. The Balaban J connectivity index is 1.85. The van der Waals surface area contributed by atoms with Gasteiger partial charge in [-0.1, -0.05) is 13.8 Å². The number of aliphatic hydroxyl groups excluding tert-OH is 7. The zero-order chi connectivity index (χ0) is 22.6. The van der Waals surface area contributed by atoms with E-state index in [1.165, 1.54) is 0 Å². The Labute approximate surface area is 174 Å². The molecule has 2 aliphatic heterocycles. The van der Waals surface area contributed by atoms with Crippen molar-refractivity contribution in [2.24, 2.45) is 5.92 Å².